The van der Waals surface area contributed by atoms with Gasteiger partial charge in [0.25, 0.3) is 0 Å². The van der Waals surface area contributed by atoms with Crippen molar-refractivity contribution in [3.05, 3.63) is 72.3 Å². The van der Waals surface area contributed by atoms with Gasteiger partial charge in [-0.1, -0.05) is 36.4 Å². The van der Waals surface area contributed by atoms with Crippen LogP contribution in [0.1, 0.15) is 18.4 Å². The highest BCUT2D eigenvalue weighted by molar-refractivity contribution is 6.02. The quantitative estimate of drug-likeness (QED) is 0.669. The van der Waals surface area contributed by atoms with Gasteiger partial charge in [0, 0.05) is 16.9 Å². The van der Waals surface area contributed by atoms with Gasteiger partial charge in [-0.3, -0.25) is 4.79 Å². The molecule has 0 atom stereocenters. The van der Waals surface area contributed by atoms with Crippen LogP contribution in [0.5, 0.6) is 11.5 Å². The van der Waals surface area contributed by atoms with Crippen LogP contribution in [0.15, 0.2) is 66.7 Å². The van der Waals surface area contributed by atoms with Crippen LogP contribution in [0.2, 0.25) is 0 Å². The molecule has 2 aliphatic rings. The Morgan fingerprint density at radius 1 is 0.929 bits per heavy atom. The summed E-state index contributed by atoms with van der Waals surface area (Å²) in [5.41, 5.74) is 9.97. The second-order valence-corrected chi connectivity index (χ2v) is 7.27. The largest absolute Gasteiger partial charge is 0.454 e. The Morgan fingerprint density at radius 2 is 1.75 bits per heavy atom. The van der Waals surface area contributed by atoms with E-state index in [1.807, 2.05) is 66.7 Å². The number of para-hydroxylation sites is 1. The number of anilines is 2. The van der Waals surface area contributed by atoms with E-state index in [1.54, 1.807) is 0 Å². The molecule has 5 heteroatoms. The molecule has 3 aromatic rings. The summed E-state index contributed by atoms with van der Waals surface area (Å²) in [5, 5.41) is 3.09. The maximum Gasteiger partial charge on any atom is 0.235 e. The lowest BCUT2D eigenvalue weighted by atomic mass is 9.94. The molecule has 0 spiro atoms. The highest BCUT2D eigenvalue weighted by Crippen LogP contribution is 2.51. The molecule has 0 radical (unpaired) electrons. The minimum Gasteiger partial charge on any atom is -0.454 e. The molecular weight excluding hydrogens is 352 g/mol. The summed E-state index contributed by atoms with van der Waals surface area (Å²) < 4.78 is 10.8. The zero-order chi connectivity index (χ0) is 19.1. The average molecular weight is 372 g/mol. The van der Waals surface area contributed by atoms with Crippen LogP contribution in [0.3, 0.4) is 0 Å². The zero-order valence-electron chi connectivity index (χ0n) is 15.3. The van der Waals surface area contributed by atoms with E-state index in [-0.39, 0.29) is 12.7 Å². The predicted octanol–water partition coefficient (Wildman–Crippen LogP) is 4.33. The Labute approximate surface area is 163 Å². The maximum atomic E-state index is 13.1. The summed E-state index contributed by atoms with van der Waals surface area (Å²) in [7, 11) is 0. The smallest absolute Gasteiger partial charge is 0.235 e. The summed E-state index contributed by atoms with van der Waals surface area (Å²) >= 11 is 0. The number of carbonyl (C=O) groups is 1. The Balaban J connectivity index is 1.40. The molecule has 0 saturated heterocycles. The number of hydrogen-bond acceptors (Lipinski definition) is 4. The van der Waals surface area contributed by atoms with Crippen molar-refractivity contribution in [1.82, 2.24) is 0 Å². The third-order valence-electron chi connectivity index (χ3n) is 5.50. The first-order valence-electron chi connectivity index (χ1n) is 9.32. The normalized spacial score (nSPS) is 15.9. The number of hydrogen-bond donors (Lipinski definition) is 2. The van der Waals surface area contributed by atoms with Crippen LogP contribution in [0.4, 0.5) is 11.4 Å². The maximum absolute atomic E-state index is 13.1. The standard InChI is InChI=1S/C23H20N2O3/c24-19-7-2-1-6-18(19)15-4-3-5-17(12-15)25-22(26)23(10-11-23)16-8-9-20-21(13-16)28-14-27-20/h1-9,12-13H,10-11,14,24H2,(H,25,26). The molecule has 3 N–H and O–H groups in total. The number of rotatable bonds is 4. The van der Waals surface area contributed by atoms with Gasteiger partial charge in [-0.05, 0) is 54.3 Å². The van der Waals surface area contributed by atoms with Crippen LogP contribution in [-0.4, -0.2) is 12.7 Å². The predicted molar refractivity (Wildman–Crippen MR) is 108 cm³/mol. The summed E-state index contributed by atoms with van der Waals surface area (Å²) in [6.45, 7) is 0.230. The minimum absolute atomic E-state index is 0.00421. The Hall–Kier alpha value is -3.47. The summed E-state index contributed by atoms with van der Waals surface area (Å²) in [5.74, 6) is 1.44. The van der Waals surface area contributed by atoms with Crippen molar-refractivity contribution in [2.75, 3.05) is 17.8 Å². The summed E-state index contributed by atoms with van der Waals surface area (Å²) in [4.78, 5) is 13.1. The van der Waals surface area contributed by atoms with Crippen LogP contribution in [-0.2, 0) is 10.2 Å². The topological polar surface area (TPSA) is 73.6 Å². The summed E-state index contributed by atoms with van der Waals surface area (Å²) in [6, 6.07) is 21.3. The first kappa shape index (κ1) is 16.7. The van der Waals surface area contributed by atoms with E-state index in [4.69, 9.17) is 15.2 Å². The van der Waals surface area contributed by atoms with E-state index < -0.39 is 5.41 Å². The van der Waals surface area contributed by atoms with E-state index in [0.717, 1.165) is 41.0 Å². The first-order valence-corrected chi connectivity index (χ1v) is 9.32. The van der Waals surface area contributed by atoms with E-state index >= 15 is 0 Å². The molecule has 0 bridgehead atoms. The molecular formula is C23H20N2O3. The molecule has 1 aliphatic heterocycles. The average Bonchev–Trinajstić information content (AvgIpc) is 3.40. The van der Waals surface area contributed by atoms with Crippen LogP contribution in [0.25, 0.3) is 11.1 Å². The van der Waals surface area contributed by atoms with Crippen molar-refractivity contribution < 1.29 is 14.3 Å². The number of nitrogens with one attached hydrogen (secondary N) is 1. The lowest BCUT2D eigenvalue weighted by molar-refractivity contribution is -0.118. The van der Waals surface area contributed by atoms with Crippen LogP contribution in [0, 0.1) is 0 Å². The van der Waals surface area contributed by atoms with E-state index in [0.29, 0.717) is 11.4 Å². The van der Waals surface area contributed by atoms with Crippen molar-refractivity contribution in [3.8, 4) is 22.6 Å². The number of nitrogen functional groups attached to an aromatic ring is 1. The molecule has 5 nitrogen and oxygen atoms in total. The van der Waals surface area contributed by atoms with E-state index in [1.165, 1.54) is 0 Å². The number of carbonyl (C=O) groups excluding carboxylic acids is 1. The van der Waals surface area contributed by atoms with Gasteiger partial charge in [0.15, 0.2) is 11.5 Å². The highest BCUT2D eigenvalue weighted by atomic mass is 16.7. The molecule has 0 aromatic heterocycles. The first-order chi connectivity index (χ1) is 13.7. The number of fused-ring (bicyclic) bond motifs is 1. The van der Waals surface area contributed by atoms with Crippen molar-refractivity contribution in [1.29, 1.82) is 0 Å². The number of benzene rings is 3. The van der Waals surface area contributed by atoms with Crippen molar-refractivity contribution in [2.24, 2.45) is 0 Å². The van der Waals surface area contributed by atoms with Crippen molar-refractivity contribution >= 4 is 17.3 Å². The number of nitrogens with two attached hydrogens (primary N) is 1. The number of ether oxygens (including phenoxy) is 2. The molecule has 5 rings (SSSR count). The van der Waals surface area contributed by atoms with Crippen LogP contribution < -0.4 is 20.5 Å². The van der Waals surface area contributed by atoms with E-state index in [2.05, 4.69) is 5.32 Å². The lowest BCUT2D eigenvalue weighted by Crippen LogP contribution is -2.27. The van der Waals surface area contributed by atoms with Crippen LogP contribution >= 0.6 is 0 Å². The molecule has 1 aliphatic carbocycles. The van der Waals surface area contributed by atoms with Gasteiger partial charge >= 0.3 is 0 Å². The second kappa shape index (κ2) is 6.30. The fraction of sp³-hybridized carbons (Fsp3) is 0.174. The Bertz CT molecular complexity index is 1070. The molecule has 28 heavy (non-hydrogen) atoms. The van der Waals surface area contributed by atoms with Crippen molar-refractivity contribution in [2.45, 2.75) is 18.3 Å². The molecule has 1 fully saturated rings. The fourth-order valence-corrected chi connectivity index (χ4v) is 3.74. The lowest BCUT2D eigenvalue weighted by Gasteiger charge is -2.17. The molecule has 1 saturated carbocycles. The van der Waals surface area contributed by atoms with Gasteiger partial charge in [0.05, 0.1) is 5.41 Å². The van der Waals surface area contributed by atoms with Gasteiger partial charge in [0.2, 0.25) is 12.7 Å². The van der Waals surface area contributed by atoms with Gasteiger partial charge in [-0.2, -0.15) is 0 Å². The monoisotopic (exact) mass is 372 g/mol. The zero-order valence-corrected chi connectivity index (χ0v) is 15.3. The van der Waals surface area contributed by atoms with Gasteiger partial charge < -0.3 is 20.5 Å². The fourth-order valence-electron chi connectivity index (χ4n) is 3.74. The third kappa shape index (κ3) is 2.76. The highest BCUT2D eigenvalue weighted by Gasteiger charge is 2.51. The Kier molecular flexibility index (Phi) is 3.76. The SMILES string of the molecule is Nc1ccccc1-c1cccc(NC(=O)C2(c3ccc4c(c3)OCO4)CC2)c1. The van der Waals surface area contributed by atoms with Crippen molar-refractivity contribution in [3.63, 3.8) is 0 Å². The molecule has 1 amide bonds. The van der Waals surface area contributed by atoms with E-state index in [9.17, 15) is 4.79 Å². The van der Waals surface area contributed by atoms with Gasteiger partial charge in [-0.15, -0.1) is 0 Å². The third-order valence-corrected chi connectivity index (χ3v) is 5.50. The molecule has 0 unspecified atom stereocenters. The van der Waals surface area contributed by atoms with Gasteiger partial charge in [-0.25, -0.2) is 0 Å². The molecule has 3 aromatic carbocycles. The number of amides is 1. The summed E-state index contributed by atoms with van der Waals surface area (Å²) in [6.07, 6.45) is 1.65. The second-order valence-electron chi connectivity index (χ2n) is 7.27. The Morgan fingerprint density at radius 3 is 2.57 bits per heavy atom. The molecule has 140 valence electrons. The van der Waals surface area contributed by atoms with Gasteiger partial charge in [0.1, 0.15) is 0 Å². The minimum atomic E-state index is -0.497. The molecule has 1 heterocycles.